The molecule has 5 rings (SSSR count). The number of rotatable bonds is 12. The van der Waals surface area contributed by atoms with Gasteiger partial charge in [0.2, 0.25) is 11.8 Å². The Bertz CT molecular complexity index is 1530. The van der Waals surface area contributed by atoms with Crippen molar-refractivity contribution in [3.8, 4) is 0 Å². The lowest BCUT2D eigenvalue weighted by atomic mass is 10.0. The molecule has 1 atom stereocenters. The third-order valence-corrected chi connectivity index (χ3v) is 7.51. The van der Waals surface area contributed by atoms with E-state index in [4.69, 9.17) is 0 Å². The highest BCUT2D eigenvalue weighted by Crippen LogP contribution is 2.37. The number of nitrogens with one attached hydrogen (secondary N) is 1. The normalized spacial score (nSPS) is 12.9. The standard InChI is InChI=1S/C34H34FN3O3/c1-2-20-36-33(40)30(22-24-9-4-3-5-10-24)38(23-25-16-18-27(35)19-17-25)31(39)15-8-21-37-29-14-7-12-26-11-6-13-28(32(26)29)34(37)41/h3-7,9-14,16-19,30H,2,8,15,20-23H2,1H3,(H,36,40)/t30-/m0/s1. The van der Waals surface area contributed by atoms with Crippen molar-refractivity contribution >= 4 is 34.2 Å². The third kappa shape index (κ3) is 6.30. The summed E-state index contributed by atoms with van der Waals surface area (Å²) in [6.45, 7) is 3.04. The Kier molecular flexibility index (Phi) is 8.73. The molecule has 0 spiro atoms. The highest BCUT2D eigenvalue weighted by molar-refractivity contribution is 6.25. The van der Waals surface area contributed by atoms with E-state index in [1.807, 2.05) is 73.7 Å². The minimum Gasteiger partial charge on any atom is -0.354 e. The maximum absolute atomic E-state index is 13.9. The van der Waals surface area contributed by atoms with Crippen LogP contribution in [0.25, 0.3) is 10.8 Å². The number of benzene rings is 4. The van der Waals surface area contributed by atoms with Gasteiger partial charge in [-0.05, 0) is 53.6 Å². The Balaban J connectivity index is 1.36. The summed E-state index contributed by atoms with van der Waals surface area (Å²) < 4.78 is 13.6. The molecule has 0 unspecified atom stereocenters. The first-order chi connectivity index (χ1) is 20.0. The number of hydrogen-bond acceptors (Lipinski definition) is 3. The number of carbonyl (C=O) groups excluding carboxylic acids is 3. The fourth-order valence-corrected chi connectivity index (χ4v) is 5.44. The van der Waals surface area contributed by atoms with Crippen molar-refractivity contribution < 1.29 is 18.8 Å². The van der Waals surface area contributed by atoms with Gasteiger partial charge in [-0.2, -0.15) is 0 Å². The van der Waals surface area contributed by atoms with Gasteiger partial charge in [0.1, 0.15) is 11.9 Å². The Hall–Kier alpha value is -4.52. The first kappa shape index (κ1) is 28.0. The van der Waals surface area contributed by atoms with Crippen LogP contribution in [0.1, 0.15) is 47.7 Å². The second-order valence-corrected chi connectivity index (χ2v) is 10.4. The van der Waals surface area contributed by atoms with Crippen molar-refractivity contribution in [2.45, 2.75) is 45.2 Å². The van der Waals surface area contributed by atoms with E-state index in [1.54, 1.807) is 21.9 Å². The van der Waals surface area contributed by atoms with Crippen LogP contribution >= 0.6 is 0 Å². The highest BCUT2D eigenvalue weighted by Gasteiger charge is 2.32. The topological polar surface area (TPSA) is 69.7 Å². The molecule has 210 valence electrons. The summed E-state index contributed by atoms with van der Waals surface area (Å²) in [7, 11) is 0. The van der Waals surface area contributed by atoms with Gasteiger partial charge >= 0.3 is 0 Å². The van der Waals surface area contributed by atoms with Crippen molar-refractivity contribution in [3.63, 3.8) is 0 Å². The molecular weight excluding hydrogens is 517 g/mol. The first-order valence-electron chi connectivity index (χ1n) is 14.2. The Morgan fingerprint density at radius 3 is 2.37 bits per heavy atom. The number of nitrogens with zero attached hydrogens (tertiary/aromatic N) is 2. The monoisotopic (exact) mass is 551 g/mol. The van der Waals surface area contributed by atoms with Gasteiger partial charge in [0.15, 0.2) is 0 Å². The van der Waals surface area contributed by atoms with Crippen LogP contribution in [0.2, 0.25) is 0 Å². The average molecular weight is 552 g/mol. The molecule has 0 saturated heterocycles. The zero-order chi connectivity index (χ0) is 28.8. The van der Waals surface area contributed by atoms with E-state index in [-0.39, 0.29) is 36.5 Å². The molecule has 6 nitrogen and oxygen atoms in total. The zero-order valence-corrected chi connectivity index (χ0v) is 23.2. The predicted octanol–water partition coefficient (Wildman–Crippen LogP) is 5.89. The molecule has 4 aromatic rings. The van der Waals surface area contributed by atoms with E-state index >= 15 is 0 Å². The summed E-state index contributed by atoms with van der Waals surface area (Å²) in [5, 5.41) is 4.92. The fraction of sp³-hybridized carbons (Fsp3) is 0.265. The Morgan fingerprint density at radius 1 is 0.902 bits per heavy atom. The maximum Gasteiger partial charge on any atom is 0.258 e. The molecule has 0 fully saturated rings. The largest absolute Gasteiger partial charge is 0.354 e. The number of amides is 3. The van der Waals surface area contributed by atoms with Crippen LogP contribution < -0.4 is 10.2 Å². The Labute approximate surface area is 239 Å². The molecule has 0 bridgehead atoms. The third-order valence-electron chi connectivity index (χ3n) is 7.51. The summed E-state index contributed by atoms with van der Waals surface area (Å²) in [5.41, 5.74) is 3.21. The van der Waals surface area contributed by atoms with Crippen LogP contribution in [0.5, 0.6) is 0 Å². The maximum atomic E-state index is 13.9. The molecular formula is C34H34FN3O3. The smallest absolute Gasteiger partial charge is 0.258 e. The highest BCUT2D eigenvalue weighted by atomic mass is 19.1. The van der Waals surface area contributed by atoms with Gasteiger partial charge < -0.3 is 15.1 Å². The lowest BCUT2D eigenvalue weighted by Gasteiger charge is -2.32. The van der Waals surface area contributed by atoms with Crippen molar-refractivity contribution in [2.24, 2.45) is 0 Å². The summed E-state index contributed by atoms with van der Waals surface area (Å²) in [5.74, 6) is -0.833. The lowest BCUT2D eigenvalue weighted by Crippen LogP contribution is -2.50. The van der Waals surface area contributed by atoms with Gasteiger partial charge in [-0.3, -0.25) is 14.4 Å². The van der Waals surface area contributed by atoms with Crippen molar-refractivity contribution in [1.82, 2.24) is 10.2 Å². The first-order valence-corrected chi connectivity index (χ1v) is 14.2. The molecule has 1 heterocycles. The molecule has 4 aromatic carbocycles. The predicted molar refractivity (Wildman–Crippen MR) is 159 cm³/mol. The van der Waals surface area contributed by atoms with Gasteiger partial charge in [0, 0.05) is 43.4 Å². The number of anilines is 1. The van der Waals surface area contributed by atoms with Crippen LogP contribution in [-0.4, -0.2) is 41.8 Å². The SMILES string of the molecule is CCCNC(=O)[C@H](Cc1ccccc1)N(Cc1ccc(F)cc1)C(=O)CCCN1C(=O)c2cccc3cccc1c23. The summed E-state index contributed by atoms with van der Waals surface area (Å²) >= 11 is 0. The average Bonchev–Trinajstić information content (AvgIpc) is 3.27. The molecule has 0 saturated carbocycles. The summed E-state index contributed by atoms with van der Waals surface area (Å²) in [6.07, 6.45) is 1.72. The van der Waals surface area contributed by atoms with Crippen molar-refractivity contribution in [1.29, 1.82) is 0 Å². The van der Waals surface area contributed by atoms with E-state index in [2.05, 4.69) is 5.32 Å². The van der Waals surface area contributed by atoms with E-state index in [0.717, 1.165) is 34.0 Å². The molecule has 1 aliphatic heterocycles. The van der Waals surface area contributed by atoms with Crippen LogP contribution in [0, 0.1) is 5.82 Å². The van der Waals surface area contributed by atoms with E-state index < -0.39 is 6.04 Å². The van der Waals surface area contributed by atoms with Crippen LogP contribution in [0.15, 0.2) is 91.0 Å². The Morgan fingerprint density at radius 2 is 1.63 bits per heavy atom. The van der Waals surface area contributed by atoms with Gasteiger partial charge in [-0.15, -0.1) is 0 Å². The molecule has 1 aliphatic rings. The second-order valence-electron chi connectivity index (χ2n) is 10.4. The van der Waals surface area contributed by atoms with Crippen molar-refractivity contribution in [2.75, 3.05) is 18.0 Å². The van der Waals surface area contributed by atoms with Crippen LogP contribution in [-0.2, 0) is 22.6 Å². The van der Waals surface area contributed by atoms with Gasteiger partial charge in [0.25, 0.3) is 5.91 Å². The van der Waals surface area contributed by atoms with Gasteiger partial charge in [-0.25, -0.2) is 4.39 Å². The molecule has 0 aromatic heterocycles. The van der Waals surface area contributed by atoms with Gasteiger partial charge in [-0.1, -0.05) is 73.7 Å². The minimum absolute atomic E-state index is 0.0617. The van der Waals surface area contributed by atoms with Gasteiger partial charge in [0.05, 0.1) is 5.69 Å². The molecule has 0 aliphatic carbocycles. The summed E-state index contributed by atoms with van der Waals surface area (Å²) in [6, 6.07) is 26.5. The molecule has 7 heteroatoms. The van der Waals surface area contributed by atoms with E-state index in [0.29, 0.717) is 31.5 Å². The van der Waals surface area contributed by atoms with Crippen molar-refractivity contribution in [3.05, 3.63) is 114 Å². The molecule has 3 amide bonds. The quantitative estimate of drug-likeness (QED) is 0.239. The number of carbonyl (C=O) groups is 3. The minimum atomic E-state index is -0.743. The van der Waals surface area contributed by atoms with E-state index in [1.165, 1.54) is 12.1 Å². The second kappa shape index (κ2) is 12.8. The molecule has 0 radical (unpaired) electrons. The van der Waals surface area contributed by atoms with Crippen LogP contribution in [0.3, 0.4) is 0 Å². The molecule has 1 N–H and O–H groups in total. The zero-order valence-electron chi connectivity index (χ0n) is 23.2. The summed E-state index contributed by atoms with van der Waals surface area (Å²) in [4.78, 5) is 43.8. The lowest BCUT2D eigenvalue weighted by molar-refractivity contribution is -0.141. The fourth-order valence-electron chi connectivity index (χ4n) is 5.44. The molecule has 41 heavy (non-hydrogen) atoms. The number of hydrogen-bond donors (Lipinski definition) is 1. The van der Waals surface area contributed by atoms with Crippen LogP contribution in [0.4, 0.5) is 10.1 Å². The van der Waals surface area contributed by atoms with E-state index in [9.17, 15) is 18.8 Å². The number of halogens is 1.